The summed E-state index contributed by atoms with van der Waals surface area (Å²) in [5, 5.41) is 3.72. The Bertz CT molecular complexity index is 1100. The van der Waals surface area contributed by atoms with Crippen LogP contribution in [0, 0.1) is 0 Å². The van der Waals surface area contributed by atoms with E-state index in [4.69, 9.17) is 16.3 Å². The first-order chi connectivity index (χ1) is 16.6. The zero-order valence-corrected chi connectivity index (χ0v) is 19.7. The van der Waals surface area contributed by atoms with E-state index in [1.165, 1.54) is 29.9 Å². The first-order valence-corrected chi connectivity index (χ1v) is 11.7. The molecule has 0 radical (unpaired) electrons. The highest BCUT2D eigenvalue weighted by Crippen LogP contribution is 2.32. The summed E-state index contributed by atoms with van der Waals surface area (Å²) in [5.74, 6) is -0.0206. The molecule has 3 aromatic rings. The highest BCUT2D eigenvalue weighted by atomic mass is 35.5. The number of benzene rings is 2. The SMILES string of the molecule is COc1ccc([C@H](C(=O)NC2CCCCC2)N(C(=O)c2cnccn2)c2ccc(Cl)cc2)cc1. The molecule has 2 aromatic carbocycles. The number of nitrogens with one attached hydrogen (secondary N) is 1. The van der Waals surface area contributed by atoms with Crippen molar-refractivity contribution in [3.8, 4) is 5.75 Å². The minimum absolute atomic E-state index is 0.0840. The number of aromatic nitrogens is 2. The van der Waals surface area contributed by atoms with E-state index in [9.17, 15) is 9.59 Å². The average molecular weight is 479 g/mol. The van der Waals surface area contributed by atoms with Crippen molar-refractivity contribution in [1.82, 2.24) is 15.3 Å². The van der Waals surface area contributed by atoms with E-state index in [0.717, 1.165) is 25.7 Å². The number of hydrogen-bond donors (Lipinski definition) is 1. The summed E-state index contributed by atoms with van der Waals surface area (Å²) in [6, 6.07) is 13.2. The Morgan fingerprint density at radius 1 is 1.03 bits per heavy atom. The molecule has 8 heteroatoms. The number of carbonyl (C=O) groups is 2. The fourth-order valence-corrected chi connectivity index (χ4v) is 4.38. The predicted octanol–water partition coefficient (Wildman–Crippen LogP) is 4.98. The van der Waals surface area contributed by atoms with Gasteiger partial charge >= 0.3 is 0 Å². The van der Waals surface area contributed by atoms with Crippen LogP contribution in [0.4, 0.5) is 5.69 Å². The van der Waals surface area contributed by atoms with Gasteiger partial charge in [0.15, 0.2) is 0 Å². The summed E-state index contributed by atoms with van der Waals surface area (Å²) < 4.78 is 5.29. The fraction of sp³-hybridized carbons (Fsp3) is 0.308. The van der Waals surface area contributed by atoms with Crippen LogP contribution < -0.4 is 15.0 Å². The first-order valence-electron chi connectivity index (χ1n) is 11.4. The van der Waals surface area contributed by atoms with Gasteiger partial charge in [0.1, 0.15) is 17.5 Å². The lowest BCUT2D eigenvalue weighted by molar-refractivity contribution is -0.123. The number of ether oxygens (including phenoxy) is 1. The first kappa shape index (κ1) is 23.7. The predicted molar refractivity (Wildman–Crippen MR) is 131 cm³/mol. The Hall–Kier alpha value is -3.45. The summed E-state index contributed by atoms with van der Waals surface area (Å²) in [5.41, 5.74) is 1.32. The molecule has 0 saturated heterocycles. The fourth-order valence-electron chi connectivity index (χ4n) is 4.25. The molecule has 0 bridgehead atoms. The van der Waals surface area contributed by atoms with E-state index < -0.39 is 11.9 Å². The Morgan fingerprint density at radius 2 is 1.74 bits per heavy atom. The van der Waals surface area contributed by atoms with Crippen molar-refractivity contribution < 1.29 is 14.3 Å². The summed E-state index contributed by atoms with van der Waals surface area (Å²) >= 11 is 6.12. The van der Waals surface area contributed by atoms with Crippen LogP contribution >= 0.6 is 11.6 Å². The molecule has 1 N–H and O–H groups in total. The third kappa shape index (κ3) is 5.54. The van der Waals surface area contributed by atoms with Crippen LogP contribution in [-0.4, -0.2) is 34.9 Å². The van der Waals surface area contributed by atoms with Crippen LogP contribution in [0.15, 0.2) is 67.1 Å². The van der Waals surface area contributed by atoms with Crippen molar-refractivity contribution >= 4 is 29.1 Å². The van der Waals surface area contributed by atoms with Gasteiger partial charge in [-0.2, -0.15) is 0 Å². The van der Waals surface area contributed by atoms with E-state index in [2.05, 4.69) is 15.3 Å². The summed E-state index contributed by atoms with van der Waals surface area (Å²) in [7, 11) is 1.58. The molecule has 0 unspecified atom stereocenters. The quantitative estimate of drug-likeness (QED) is 0.518. The number of amides is 2. The smallest absolute Gasteiger partial charge is 0.279 e. The van der Waals surface area contributed by atoms with E-state index in [1.807, 2.05) is 0 Å². The summed E-state index contributed by atoms with van der Waals surface area (Å²) in [6.07, 6.45) is 9.55. The molecule has 1 atom stereocenters. The number of nitrogens with zero attached hydrogens (tertiary/aromatic N) is 3. The van der Waals surface area contributed by atoms with Gasteiger partial charge in [-0.1, -0.05) is 43.0 Å². The molecule has 2 amide bonds. The van der Waals surface area contributed by atoms with Crippen molar-refractivity contribution in [2.45, 2.75) is 44.2 Å². The van der Waals surface area contributed by atoms with Gasteiger partial charge in [-0.3, -0.25) is 19.5 Å². The van der Waals surface area contributed by atoms with Gasteiger partial charge in [-0.25, -0.2) is 4.98 Å². The number of hydrogen-bond acceptors (Lipinski definition) is 5. The number of anilines is 1. The standard InChI is InChI=1S/C26H27ClN4O3/c1-34-22-13-7-18(8-14-22)24(25(32)30-20-5-3-2-4-6-20)31(21-11-9-19(27)10-12-21)26(33)23-17-28-15-16-29-23/h7-17,20,24H,2-6H2,1H3,(H,30,32)/t24-/m1/s1. The second kappa shape index (κ2) is 11.1. The van der Waals surface area contributed by atoms with E-state index >= 15 is 0 Å². The minimum Gasteiger partial charge on any atom is -0.497 e. The molecule has 1 aliphatic carbocycles. The maximum Gasteiger partial charge on any atom is 0.279 e. The molecule has 4 rings (SSSR count). The largest absolute Gasteiger partial charge is 0.497 e. The highest BCUT2D eigenvalue weighted by molar-refractivity contribution is 6.30. The topological polar surface area (TPSA) is 84.4 Å². The lowest BCUT2D eigenvalue weighted by Crippen LogP contribution is -2.47. The molecule has 1 aliphatic rings. The maximum atomic E-state index is 13.8. The van der Waals surface area contributed by atoms with Gasteiger partial charge in [0.05, 0.1) is 13.3 Å². The molecule has 1 aromatic heterocycles. The van der Waals surface area contributed by atoms with Crippen molar-refractivity contribution in [2.24, 2.45) is 0 Å². The van der Waals surface area contributed by atoms with Crippen molar-refractivity contribution in [2.75, 3.05) is 12.0 Å². The molecule has 1 heterocycles. The van der Waals surface area contributed by atoms with Crippen LogP contribution in [0.1, 0.15) is 54.2 Å². The maximum absolute atomic E-state index is 13.8. The Labute approximate surface area is 204 Å². The van der Waals surface area contributed by atoms with Gasteiger partial charge in [-0.05, 0) is 54.8 Å². The molecule has 0 aliphatic heterocycles. The lowest BCUT2D eigenvalue weighted by atomic mass is 9.94. The lowest BCUT2D eigenvalue weighted by Gasteiger charge is -2.33. The van der Waals surface area contributed by atoms with Gasteiger partial charge in [0, 0.05) is 29.1 Å². The van der Waals surface area contributed by atoms with Crippen molar-refractivity contribution in [1.29, 1.82) is 0 Å². The monoisotopic (exact) mass is 478 g/mol. The van der Waals surface area contributed by atoms with Crippen LogP contribution in [0.3, 0.4) is 0 Å². The van der Waals surface area contributed by atoms with Gasteiger partial charge in [0.2, 0.25) is 5.91 Å². The zero-order valence-electron chi connectivity index (χ0n) is 19.0. The zero-order chi connectivity index (χ0) is 23.9. The molecule has 1 saturated carbocycles. The summed E-state index contributed by atoms with van der Waals surface area (Å²) in [6.45, 7) is 0. The normalized spacial score (nSPS) is 14.8. The minimum atomic E-state index is -0.927. The highest BCUT2D eigenvalue weighted by Gasteiger charge is 2.35. The Balaban J connectivity index is 1.79. The number of halogens is 1. The number of carbonyl (C=O) groups excluding carboxylic acids is 2. The number of rotatable bonds is 7. The molecular formula is C26H27ClN4O3. The average Bonchev–Trinajstić information content (AvgIpc) is 2.89. The van der Waals surface area contributed by atoms with Crippen molar-refractivity contribution in [3.05, 3.63) is 83.4 Å². The second-order valence-corrected chi connectivity index (χ2v) is 8.70. The Morgan fingerprint density at radius 3 is 2.35 bits per heavy atom. The van der Waals surface area contributed by atoms with Crippen LogP contribution in [0.25, 0.3) is 0 Å². The van der Waals surface area contributed by atoms with Gasteiger partial charge in [-0.15, -0.1) is 0 Å². The molecular weight excluding hydrogens is 452 g/mol. The van der Waals surface area contributed by atoms with E-state index in [0.29, 0.717) is 22.0 Å². The third-order valence-electron chi connectivity index (χ3n) is 6.00. The third-order valence-corrected chi connectivity index (χ3v) is 6.25. The molecule has 34 heavy (non-hydrogen) atoms. The van der Waals surface area contributed by atoms with Crippen LogP contribution in [0.2, 0.25) is 5.02 Å². The van der Waals surface area contributed by atoms with E-state index in [-0.39, 0.29) is 17.6 Å². The molecule has 0 spiro atoms. The molecule has 7 nitrogen and oxygen atoms in total. The van der Waals surface area contributed by atoms with E-state index in [1.54, 1.807) is 55.6 Å². The van der Waals surface area contributed by atoms with Crippen LogP contribution in [0.5, 0.6) is 5.75 Å². The Kier molecular flexibility index (Phi) is 7.75. The summed E-state index contributed by atoms with van der Waals surface area (Å²) in [4.78, 5) is 37.2. The second-order valence-electron chi connectivity index (χ2n) is 8.26. The van der Waals surface area contributed by atoms with Crippen LogP contribution in [-0.2, 0) is 4.79 Å². The van der Waals surface area contributed by atoms with Gasteiger partial charge < -0.3 is 10.1 Å². The van der Waals surface area contributed by atoms with Gasteiger partial charge in [0.25, 0.3) is 5.91 Å². The number of methoxy groups -OCH3 is 1. The molecule has 1 fully saturated rings. The van der Waals surface area contributed by atoms with Crippen molar-refractivity contribution in [3.63, 3.8) is 0 Å². The molecule has 176 valence electrons.